The molecule has 0 N–H and O–H groups in total. The van der Waals surface area contributed by atoms with Crippen molar-refractivity contribution in [1.82, 2.24) is 4.98 Å². The van der Waals surface area contributed by atoms with Gasteiger partial charge in [-0.15, -0.1) is 0 Å². The Morgan fingerprint density at radius 3 is 2.43 bits per heavy atom. The highest BCUT2D eigenvalue weighted by Crippen LogP contribution is 2.40. The monoisotopic (exact) mass is 589 g/mol. The summed E-state index contributed by atoms with van der Waals surface area (Å²) in [7, 11) is 0. The predicted molar refractivity (Wildman–Crippen MR) is 140 cm³/mol. The molecule has 2 aliphatic rings. The van der Waals surface area contributed by atoms with E-state index in [0.29, 0.717) is 43.8 Å². The lowest BCUT2D eigenvalue weighted by Crippen LogP contribution is -2.34. The zero-order valence-corrected chi connectivity index (χ0v) is 22.8. The summed E-state index contributed by atoms with van der Waals surface area (Å²) in [6.07, 6.45) is 7.56. The Kier molecular flexibility index (Phi) is 9.62. The molecule has 0 aliphatic heterocycles. The summed E-state index contributed by atoms with van der Waals surface area (Å²) in [6, 6.07) is 6.78. The molecule has 1 heterocycles. The van der Waals surface area contributed by atoms with Crippen LogP contribution in [0.25, 0.3) is 0 Å². The lowest BCUT2D eigenvalue weighted by atomic mass is 9.81. The summed E-state index contributed by atoms with van der Waals surface area (Å²) < 4.78 is 42.9. The summed E-state index contributed by atoms with van der Waals surface area (Å²) in [6.45, 7) is -0.759. The number of thioether (sulfide) groups is 1. The van der Waals surface area contributed by atoms with Crippen LogP contribution in [0, 0.1) is 17.8 Å². The zero-order chi connectivity index (χ0) is 26.5. The molecule has 0 spiro atoms. The van der Waals surface area contributed by atoms with Gasteiger partial charge < -0.3 is 14.2 Å². The molecule has 2 aliphatic carbocycles. The SMILES string of the molecule is CC1C(OCC2CC2)=C(OC(F)F)C=CC1[C@H](Cc1c(Cl)cncc1Cl)OC(=O)Sc1ccc(Cl)cc1. The molecule has 5 nitrogen and oxygen atoms in total. The van der Waals surface area contributed by atoms with Crippen molar-refractivity contribution >= 4 is 51.9 Å². The van der Waals surface area contributed by atoms with Crippen LogP contribution in [-0.4, -0.2) is 29.6 Å². The van der Waals surface area contributed by atoms with Crippen LogP contribution in [0.1, 0.15) is 25.3 Å². The van der Waals surface area contributed by atoms with Gasteiger partial charge in [0.15, 0.2) is 5.76 Å². The highest BCUT2D eigenvalue weighted by Gasteiger charge is 2.37. The minimum atomic E-state index is -3.00. The number of hydrogen-bond donors (Lipinski definition) is 0. The minimum absolute atomic E-state index is 0.0278. The predicted octanol–water partition coefficient (Wildman–Crippen LogP) is 8.58. The third-order valence-corrected chi connectivity index (χ3v) is 7.81. The first-order valence-electron chi connectivity index (χ1n) is 11.6. The fraction of sp³-hybridized carbons (Fsp3) is 0.385. The van der Waals surface area contributed by atoms with E-state index in [-0.39, 0.29) is 12.2 Å². The molecule has 37 heavy (non-hydrogen) atoms. The van der Waals surface area contributed by atoms with Crippen LogP contribution in [0.4, 0.5) is 13.6 Å². The summed E-state index contributed by atoms with van der Waals surface area (Å²) in [4.78, 5) is 17.6. The number of carbonyl (C=O) groups is 1. The van der Waals surface area contributed by atoms with Crippen molar-refractivity contribution in [3.8, 4) is 0 Å². The average Bonchev–Trinajstić information content (AvgIpc) is 3.66. The number of hydrogen-bond acceptors (Lipinski definition) is 6. The van der Waals surface area contributed by atoms with Crippen molar-refractivity contribution in [3.63, 3.8) is 0 Å². The number of rotatable bonds is 10. The molecular formula is C26H24Cl3F2NO4S. The quantitative estimate of drug-likeness (QED) is 0.204. The zero-order valence-electron chi connectivity index (χ0n) is 19.7. The number of aromatic nitrogens is 1. The molecule has 2 aromatic rings. The van der Waals surface area contributed by atoms with Crippen LogP contribution < -0.4 is 0 Å². The van der Waals surface area contributed by atoms with Crippen molar-refractivity contribution < 1.29 is 27.8 Å². The summed E-state index contributed by atoms with van der Waals surface area (Å²) >= 11 is 19.6. The molecular weight excluding hydrogens is 567 g/mol. The van der Waals surface area contributed by atoms with E-state index in [1.54, 1.807) is 30.3 Å². The van der Waals surface area contributed by atoms with Crippen LogP contribution >= 0.6 is 46.6 Å². The Hall–Kier alpha value is -2.00. The molecule has 2 unspecified atom stereocenters. The fourth-order valence-corrected chi connectivity index (χ4v) is 5.30. The molecule has 198 valence electrons. The van der Waals surface area contributed by atoms with Gasteiger partial charge in [0.25, 0.3) is 0 Å². The Labute approximate surface area is 233 Å². The van der Waals surface area contributed by atoms with E-state index >= 15 is 0 Å². The van der Waals surface area contributed by atoms with Crippen molar-refractivity contribution in [2.24, 2.45) is 17.8 Å². The number of allylic oxidation sites excluding steroid dienone is 2. The molecule has 0 amide bonds. The van der Waals surface area contributed by atoms with Gasteiger partial charge in [0, 0.05) is 40.6 Å². The smallest absolute Gasteiger partial charge is 0.387 e. The largest absolute Gasteiger partial charge is 0.493 e. The molecule has 1 fully saturated rings. The number of alkyl halides is 2. The van der Waals surface area contributed by atoms with E-state index < -0.39 is 29.9 Å². The minimum Gasteiger partial charge on any atom is -0.493 e. The van der Waals surface area contributed by atoms with Gasteiger partial charge in [-0.3, -0.25) is 4.98 Å². The van der Waals surface area contributed by atoms with Crippen molar-refractivity contribution in [2.45, 2.75) is 43.8 Å². The maximum atomic E-state index is 13.1. The third kappa shape index (κ3) is 7.76. The average molecular weight is 591 g/mol. The first kappa shape index (κ1) is 28.0. The van der Waals surface area contributed by atoms with Crippen LogP contribution in [0.5, 0.6) is 0 Å². The Balaban J connectivity index is 1.59. The molecule has 1 aromatic heterocycles. The number of pyridine rings is 1. The van der Waals surface area contributed by atoms with E-state index in [2.05, 4.69) is 4.98 Å². The van der Waals surface area contributed by atoms with E-state index in [9.17, 15) is 13.6 Å². The molecule has 1 saturated carbocycles. The van der Waals surface area contributed by atoms with Crippen LogP contribution in [0.3, 0.4) is 0 Å². The van der Waals surface area contributed by atoms with Gasteiger partial charge in [0.2, 0.25) is 0 Å². The Morgan fingerprint density at radius 2 is 1.81 bits per heavy atom. The molecule has 3 atom stereocenters. The second kappa shape index (κ2) is 12.7. The van der Waals surface area contributed by atoms with Gasteiger partial charge in [0.1, 0.15) is 11.9 Å². The lowest BCUT2D eigenvalue weighted by molar-refractivity contribution is -0.0987. The van der Waals surface area contributed by atoms with E-state index in [1.165, 1.54) is 18.5 Å². The highest BCUT2D eigenvalue weighted by atomic mass is 35.5. The molecule has 4 rings (SSSR count). The molecule has 11 heteroatoms. The first-order chi connectivity index (χ1) is 17.7. The maximum absolute atomic E-state index is 13.1. The molecule has 0 bridgehead atoms. The molecule has 0 radical (unpaired) electrons. The van der Waals surface area contributed by atoms with Gasteiger partial charge in [-0.1, -0.05) is 47.8 Å². The van der Waals surface area contributed by atoms with Crippen LogP contribution in [-0.2, 0) is 20.6 Å². The number of halogens is 5. The van der Waals surface area contributed by atoms with Crippen LogP contribution in [0.2, 0.25) is 15.1 Å². The normalized spacial score (nSPS) is 20.2. The van der Waals surface area contributed by atoms with Gasteiger partial charge >= 0.3 is 11.9 Å². The van der Waals surface area contributed by atoms with Gasteiger partial charge in [-0.2, -0.15) is 8.78 Å². The van der Waals surface area contributed by atoms with Crippen LogP contribution in [0.15, 0.2) is 65.2 Å². The number of nitrogens with zero attached hydrogens (tertiary/aromatic N) is 1. The van der Waals surface area contributed by atoms with Crippen molar-refractivity contribution in [2.75, 3.05) is 6.61 Å². The molecule has 1 aromatic carbocycles. The first-order valence-corrected chi connectivity index (χ1v) is 13.6. The summed E-state index contributed by atoms with van der Waals surface area (Å²) in [5.74, 6) is -0.196. The van der Waals surface area contributed by atoms with E-state index in [1.807, 2.05) is 6.92 Å². The second-order valence-corrected chi connectivity index (χ2v) is 11.1. The Morgan fingerprint density at radius 1 is 1.14 bits per heavy atom. The number of benzene rings is 1. The van der Waals surface area contributed by atoms with E-state index in [0.717, 1.165) is 24.6 Å². The molecule has 0 saturated heterocycles. The third-order valence-electron chi connectivity index (χ3n) is 6.14. The standard InChI is InChI=1S/C26H24Cl3F2NO4S/c1-14-18(8-9-22(35-25(30)31)24(14)34-13-15-2-3-15)23(10-19-20(28)11-32-12-21(19)29)36-26(33)37-17-6-4-16(27)5-7-17/h4-9,11-12,14-15,18,23,25H,2-3,10,13H2,1H3/t14?,18?,23-/m0/s1. The van der Waals surface area contributed by atoms with Crippen molar-refractivity contribution in [3.05, 3.63) is 81.0 Å². The van der Waals surface area contributed by atoms with Gasteiger partial charge in [0.05, 0.1) is 16.7 Å². The maximum Gasteiger partial charge on any atom is 0.387 e. The van der Waals surface area contributed by atoms with Gasteiger partial charge in [-0.25, -0.2) is 4.79 Å². The summed E-state index contributed by atoms with van der Waals surface area (Å²) in [5.41, 5.74) is 0.562. The number of carbonyl (C=O) groups excluding carboxylic acids is 1. The van der Waals surface area contributed by atoms with Crippen molar-refractivity contribution in [1.29, 1.82) is 0 Å². The number of ether oxygens (including phenoxy) is 3. The lowest BCUT2D eigenvalue weighted by Gasteiger charge is -2.34. The fourth-order valence-electron chi connectivity index (χ4n) is 4.02. The highest BCUT2D eigenvalue weighted by molar-refractivity contribution is 8.13. The Bertz CT molecular complexity index is 1150. The second-order valence-electron chi connectivity index (χ2n) is 8.83. The summed E-state index contributed by atoms with van der Waals surface area (Å²) in [5, 5.41) is 0.655. The van der Waals surface area contributed by atoms with E-state index in [4.69, 9.17) is 49.0 Å². The topological polar surface area (TPSA) is 57.6 Å². The van der Waals surface area contributed by atoms with Gasteiger partial charge in [-0.05, 0) is 66.4 Å².